The van der Waals surface area contributed by atoms with E-state index in [4.69, 9.17) is 4.74 Å². The number of ketones is 1. The van der Waals surface area contributed by atoms with Gasteiger partial charge in [0, 0.05) is 0 Å². The van der Waals surface area contributed by atoms with Crippen LogP contribution in [0.2, 0.25) is 0 Å². The molecule has 0 unspecified atom stereocenters. The van der Waals surface area contributed by atoms with Crippen molar-refractivity contribution >= 4 is 39.8 Å². The number of hydrogen-bond donors (Lipinski definition) is 0. The summed E-state index contributed by atoms with van der Waals surface area (Å²) in [7, 11) is 0. The third-order valence-electron chi connectivity index (χ3n) is 5.46. The largest absolute Gasteiger partial charge is 0.462 e. The molecule has 4 heteroatoms. The fraction of sp³-hybridized carbons (Fsp3) is 0.207. The number of benzene rings is 3. The van der Waals surface area contributed by atoms with Gasteiger partial charge in [0.2, 0.25) is 0 Å². The normalized spacial score (nSPS) is 11.3. The van der Waals surface area contributed by atoms with E-state index in [1.807, 2.05) is 97.1 Å². The fourth-order valence-electron chi connectivity index (χ4n) is 3.98. The summed E-state index contributed by atoms with van der Waals surface area (Å²) in [5.41, 5.74) is 0. The molecule has 170 valence electrons. The van der Waals surface area contributed by atoms with Gasteiger partial charge in [-0.15, -0.1) is 0 Å². The highest BCUT2D eigenvalue weighted by atomic mass is 31.2. The molecule has 0 aromatic heterocycles. The van der Waals surface area contributed by atoms with Crippen LogP contribution in [0.15, 0.2) is 103 Å². The van der Waals surface area contributed by atoms with Crippen LogP contribution in [-0.4, -0.2) is 23.7 Å². The highest BCUT2D eigenvalue weighted by molar-refractivity contribution is 7.97. The predicted molar refractivity (Wildman–Crippen MR) is 140 cm³/mol. The van der Waals surface area contributed by atoms with Gasteiger partial charge in [-0.1, -0.05) is 117 Å². The first-order chi connectivity index (χ1) is 16.2. The SMILES string of the molecule is CCCCC=CC(=O)C(C(=O)OCC)=P(c1ccccc1)(c1ccccc1)c1ccccc1. The second-order valence-electron chi connectivity index (χ2n) is 7.66. The van der Waals surface area contributed by atoms with Gasteiger partial charge < -0.3 is 4.74 Å². The van der Waals surface area contributed by atoms with Gasteiger partial charge in [-0.25, -0.2) is 4.79 Å². The van der Waals surface area contributed by atoms with Gasteiger partial charge in [0.25, 0.3) is 0 Å². The van der Waals surface area contributed by atoms with Gasteiger partial charge in [0.15, 0.2) is 5.78 Å². The molecule has 0 aliphatic carbocycles. The molecule has 0 saturated heterocycles. The number of carbonyl (C=O) groups excluding carboxylic acids is 2. The Morgan fingerprint density at radius 3 is 1.61 bits per heavy atom. The molecular weight excluding hydrogens is 427 g/mol. The number of rotatable bonds is 10. The van der Waals surface area contributed by atoms with Crippen LogP contribution >= 0.6 is 6.89 Å². The van der Waals surface area contributed by atoms with E-state index in [1.165, 1.54) is 0 Å². The maximum atomic E-state index is 13.8. The second kappa shape index (κ2) is 12.2. The van der Waals surface area contributed by atoms with Crippen molar-refractivity contribution in [2.24, 2.45) is 0 Å². The minimum atomic E-state index is -2.82. The lowest BCUT2D eigenvalue weighted by atomic mass is 10.2. The number of allylic oxidation sites excluding steroid dienone is 2. The van der Waals surface area contributed by atoms with E-state index < -0.39 is 12.9 Å². The zero-order valence-corrected chi connectivity index (χ0v) is 20.2. The first-order valence-electron chi connectivity index (χ1n) is 11.5. The van der Waals surface area contributed by atoms with E-state index in [-0.39, 0.29) is 17.7 Å². The third-order valence-corrected chi connectivity index (χ3v) is 9.75. The molecular formula is C29H31O3P. The summed E-state index contributed by atoms with van der Waals surface area (Å²) in [5.74, 6) is -0.832. The van der Waals surface area contributed by atoms with Crippen molar-refractivity contribution in [3.05, 3.63) is 103 Å². The Kier molecular flexibility index (Phi) is 9.04. The van der Waals surface area contributed by atoms with Crippen LogP contribution in [0.1, 0.15) is 33.1 Å². The summed E-state index contributed by atoms with van der Waals surface area (Å²) in [5, 5.41) is 3.04. The lowest BCUT2D eigenvalue weighted by Crippen LogP contribution is -2.37. The lowest BCUT2D eigenvalue weighted by Gasteiger charge is -2.31. The van der Waals surface area contributed by atoms with Crippen LogP contribution < -0.4 is 15.9 Å². The molecule has 33 heavy (non-hydrogen) atoms. The molecule has 0 amide bonds. The van der Waals surface area contributed by atoms with E-state index >= 15 is 0 Å². The number of unbranched alkanes of at least 4 members (excludes halogenated alkanes) is 2. The van der Waals surface area contributed by atoms with Crippen LogP contribution in [-0.2, 0) is 14.3 Å². The van der Waals surface area contributed by atoms with Crippen LogP contribution in [0.25, 0.3) is 0 Å². The molecule has 0 saturated carbocycles. The van der Waals surface area contributed by atoms with Gasteiger partial charge in [-0.05, 0) is 42.2 Å². The topological polar surface area (TPSA) is 43.4 Å². The molecule has 3 rings (SSSR count). The van der Waals surface area contributed by atoms with Gasteiger partial charge >= 0.3 is 5.97 Å². The number of carbonyl (C=O) groups is 2. The molecule has 0 N–H and O–H groups in total. The summed E-state index contributed by atoms with van der Waals surface area (Å²) in [6.45, 7) is 1.26. The van der Waals surface area contributed by atoms with Gasteiger partial charge in [-0.3, -0.25) is 4.79 Å². The zero-order valence-electron chi connectivity index (χ0n) is 19.3. The molecule has 0 aliphatic rings. The van der Waals surface area contributed by atoms with E-state index in [9.17, 15) is 9.59 Å². The number of esters is 1. The van der Waals surface area contributed by atoms with Crippen molar-refractivity contribution in [3.8, 4) is 0 Å². The van der Waals surface area contributed by atoms with E-state index in [1.54, 1.807) is 13.0 Å². The molecule has 3 aromatic rings. The van der Waals surface area contributed by atoms with Crippen molar-refractivity contribution < 1.29 is 14.3 Å². The molecule has 3 aromatic carbocycles. The van der Waals surface area contributed by atoms with Gasteiger partial charge in [-0.2, -0.15) is 0 Å². The first-order valence-corrected chi connectivity index (χ1v) is 13.3. The second-order valence-corrected chi connectivity index (χ2v) is 11.0. The van der Waals surface area contributed by atoms with Crippen molar-refractivity contribution in [2.75, 3.05) is 6.61 Å². The average molecular weight is 459 g/mol. The Morgan fingerprint density at radius 2 is 1.21 bits per heavy atom. The number of hydrogen-bond acceptors (Lipinski definition) is 3. The average Bonchev–Trinajstić information content (AvgIpc) is 2.86. The van der Waals surface area contributed by atoms with E-state index in [2.05, 4.69) is 6.92 Å². The fourth-order valence-corrected chi connectivity index (χ4v) is 8.25. The predicted octanol–water partition coefficient (Wildman–Crippen LogP) is 5.03. The van der Waals surface area contributed by atoms with Gasteiger partial charge in [0.1, 0.15) is 5.29 Å². The molecule has 0 heterocycles. The summed E-state index contributed by atoms with van der Waals surface area (Å²) in [4.78, 5) is 27.3. The monoisotopic (exact) mass is 458 g/mol. The molecule has 0 atom stereocenters. The molecule has 3 nitrogen and oxygen atoms in total. The highest BCUT2D eigenvalue weighted by Crippen LogP contribution is 2.46. The summed E-state index contributed by atoms with van der Waals surface area (Å²) < 4.78 is 5.52. The minimum Gasteiger partial charge on any atom is -0.462 e. The maximum absolute atomic E-state index is 13.8. The highest BCUT2D eigenvalue weighted by Gasteiger charge is 2.36. The molecule has 0 spiro atoms. The Bertz CT molecular complexity index is 1030. The van der Waals surface area contributed by atoms with Crippen molar-refractivity contribution in [3.63, 3.8) is 0 Å². The van der Waals surface area contributed by atoms with Crippen LogP contribution in [0, 0.1) is 0 Å². The Labute approximate surface area is 197 Å². The standard InChI is InChI=1S/C29H31O3P/c1-3-5-6-16-23-27(30)28(29(31)32-4-2)33(24-17-10-7-11-18-24,25-19-12-8-13-20-25)26-21-14-9-15-22-26/h7-23H,3-6H2,1-2H3. The summed E-state index contributed by atoms with van der Waals surface area (Å²) in [6.07, 6.45) is 6.27. The lowest BCUT2D eigenvalue weighted by molar-refractivity contribution is -0.135. The Hall–Kier alpha value is -3.16. The third kappa shape index (κ3) is 5.43. The number of ether oxygens (including phenoxy) is 1. The summed E-state index contributed by atoms with van der Waals surface area (Å²) >= 11 is 0. The van der Waals surface area contributed by atoms with Crippen molar-refractivity contribution in [1.29, 1.82) is 0 Å². The summed E-state index contributed by atoms with van der Waals surface area (Å²) in [6, 6.07) is 29.7. The first kappa shape index (κ1) is 24.5. The molecule has 0 fully saturated rings. The Balaban J connectivity index is 2.49. The molecule has 0 bridgehead atoms. The quantitative estimate of drug-likeness (QED) is 0.141. The van der Waals surface area contributed by atoms with Gasteiger partial charge in [0.05, 0.1) is 6.61 Å². The van der Waals surface area contributed by atoms with Crippen LogP contribution in [0.3, 0.4) is 0 Å². The Morgan fingerprint density at radius 1 is 0.758 bits per heavy atom. The smallest absolute Gasteiger partial charge is 0.343 e. The maximum Gasteiger partial charge on any atom is 0.343 e. The van der Waals surface area contributed by atoms with E-state index in [0.29, 0.717) is 0 Å². The van der Waals surface area contributed by atoms with Crippen molar-refractivity contribution in [2.45, 2.75) is 33.1 Å². The zero-order chi connectivity index (χ0) is 23.5. The van der Waals surface area contributed by atoms with Crippen LogP contribution in [0.5, 0.6) is 0 Å². The van der Waals surface area contributed by atoms with E-state index in [0.717, 1.165) is 35.2 Å². The van der Waals surface area contributed by atoms with Crippen molar-refractivity contribution in [1.82, 2.24) is 0 Å². The molecule has 0 radical (unpaired) electrons. The minimum absolute atomic E-state index is 0.202. The van der Waals surface area contributed by atoms with Crippen LogP contribution in [0.4, 0.5) is 0 Å². The molecule has 0 aliphatic heterocycles.